The Bertz CT molecular complexity index is 91.6. The third-order valence-corrected chi connectivity index (χ3v) is 1.07. The van der Waals surface area contributed by atoms with Crippen LogP contribution in [0, 0.1) is 0 Å². The molecule has 0 amide bonds. The van der Waals surface area contributed by atoms with Gasteiger partial charge in [-0.2, -0.15) is 0 Å². The van der Waals surface area contributed by atoms with Gasteiger partial charge in [-0.25, -0.2) is 17.6 Å². The number of alkyl halides is 4. The highest BCUT2D eigenvalue weighted by molar-refractivity contribution is 4.75. The molecular weight excluding hydrogens is 152 g/mol. The Hall–Kier alpha value is -0.320. The molecule has 0 aromatic carbocycles. The maximum atomic E-state index is 12.1. The quantitative estimate of drug-likeness (QED) is 0.567. The third kappa shape index (κ3) is 2.13. The molecule has 0 radical (unpaired) electrons. The summed E-state index contributed by atoms with van der Waals surface area (Å²) in [7, 11) is 0.911. The molecule has 0 aliphatic carbocycles. The first-order valence-electron chi connectivity index (χ1n) is 2.61. The highest BCUT2D eigenvalue weighted by Crippen LogP contribution is 2.21. The van der Waals surface area contributed by atoms with Crippen LogP contribution in [-0.2, 0) is 4.74 Å². The number of halogens is 4. The average Bonchev–Trinajstić information content (AvgIpc) is 1.90. The molecule has 0 fully saturated rings. The summed E-state index contributed by atoms with van der Waals surface area (Å²) in [4.78, 5) is 0. The van der Waals surface area contributed by atoms with E-state index in [0.29, 0.717) is 0 Å². The average molecular weight is 160 g/mol. The molecule has 0 aliphatic rings. The van der Waals surface area contributed by atoms with E-state index in [-0.39, 0.29) is 0 Å². The highest BCUT2D eigenvalue weighted by Gasteiger charge is 2.40. The molecule has 0 saturated carbocycles. The van der Waals surface area contributed by atoms with Gasteiger partial charge in [0.2, 0.25) is 0 Å². The fourth-order valence-electron chi connectivity index (χ4n) is 0.434. The van der Waals surface area contributed by atoms with Crippen molar-refractivity contribution < 1.29 is 22.3 Å². The van der Waals surface area contributed by atoms with Crippen LogP contribution in [0.2, 0.25) is 0 Å². The fourth-order valence-corrected chi connectivity index (χ4v) is 0.434. The van der Waals surface area contributed by atoms with Crippen molar-refractivity contribution in [3.05, 3.63) is 0 Å². The lowest BCUT2D eigenvalue weighted by atomic mass is 10.2. The lowest BCUT2D eigenvalue weighted by Gasteiger charge is -2.19. The second-order valence-electron chi connectivity index (χ2n) is 1.77. The molecule has 0 aliphatic heterocycles. The Morgan fingerprint density at radius 1 is 1.40 bits per heavy atom. The van der Waals surface area contributed by atoms with E-state index in [2.05, 4.69) is 4.74 Å². The van der Waals surface area contributed by atoms with Gasteiger partial charge in [0.15, 0.2) is 12.8 Å². The molecule has 0 spiro atoms. The number of rotatable bonds is 4. The van der Waals surface area contributed by atoms with Crippen molar-refractivity contribution in [1.82, 2.24) is 0 Å². The number of hydrogen-bond donors (Lipinski definition) is 0. The molecule has 0 aromatic rings. The molecule has 0 heterocycles. The largest absolute Gasteiger partial charge is 0.372 e. The summed E-state index contributed by atoms with van der Waals surface area (Å²) in [6, 6.07) is 0. The molecule has 10 heavy (non-hydrogen) atoms. The minimum Gasteiger partial charge on any atom is -0.372 e. The van der Waals surface area contributed by atoms with Gasteiger partial charge in [-0.3, -0.25) is 0 Å². The second-order valence-corrected chi connectivity index (χ2v) is 1.77. The van der Waals surface area contributed by atoms with Crippen molar-refractivity contribution in [2.24, 2.45) is 0 Å². The van der Waals surface area contributed by atoms with Crippen molar-refractivity contribution in [1.29, 1.82) is 0 Å². The Balaban J connectivity index is 3.97. The lowest BCUT2D eigenvalue weighted by molar-refractivity contribution is -0.140. The lowest BCUT2D eigenvalue weighted by Crippen LogP contribution is -2.38. The number of methoxy groups -OCH3 is 1. The van der Waals surface area contributed by atoms with E-state index in [1.54, 1.807) is 0 Å². The number of hydrogen-bond acceptors (Lipinski definition) is 1. The van der Waals surface area contributed by atoms with Crippen LogP contribution in [0.25, 0.3) is 0 Å². The van der Waals surface area contributed by atoms with Crippen molar-refractivity contribution in [3.63, 3.8) is 0 Å². The first kappa shape index (κ1) is 9.68. The van der Waals surface area contributed by atoms with Gasteiger partial charge in [0.25, 0.3) is 0 Å². The summed E-state index contributed by atoms with van der Waals surface area (Å²) in [5.74, 6) is -3.70. The van der Waals surface area contributed by atoms with Crippen molar-refractivity contribution in [2.75, 3.05) is 20.5 Å². The first-order chi connectivity index (χ1) is 4.58. The molecule has 0 bridgehead atoms. The summed E-state index contributed by atoms with van der Waals surface area (Å²) < 4.78 is 51.1. The predicted molar refractivity (Wildman–Crippen MR) is 27.7 cm³/mol. The molecule has 0 rings (SSSR count). The second kappa shape index (κ2) is 3.75. The Morgan fingerprint density at radius 2 is 1.90 bits per heavy atom. The van der Waals surface area contributed by atoms with Crippen LogP contribution in [0.3, 0.4) is 0 Å². The van der Waals surface area contributed by atoms with Gasteiger partial charge in [0.05, 0.1) is 0 Å². The van der Waals surface area contributed by atoms with Gasteiger partial charge in [-0.15, -0.1) is 0 Å². The van der Waals surface area contributed by atoms with Crippen molar-refractivity contribution in [3.8, 4) is 0 Å². The zero-order valence-electron chi connectivity index (χ0n) is 5.41. The highest BCUT2D eigenvalue weighted by atomic mass is 19.3. The van der Waals surface area contributed by atoms with E-state index >= 15 is 0 Å². The third-order valence-electron chi connectivity index (χ3n) is 1.07. The van der Waals surface area contributed by atoms with E-state index in [9.17, 15) is 17.6 Å². The van der Waals surface area contributed by atoms with Crippen LogP contribution < -0.4 is 0 Å². The van der Waals surface area contributed by atoms with Gasteiger partial charge in [-0.1, -0.05) is 0 Å². The smallest absolute Gasteiger partial charge is 0.303 e. The van der Waals surface area contributed by atoms with Crippen LogP contribution in [0.1, 0.15) is 0 Å². The van der Waals surface area contributed by atoms with Crippen LogP contribution >= 0.6 is 0 Å². The molecule has 1 nitrogen and oxygen atoms in total. The zero-order valence-corrected chi connectivity index (χ0v) is 5.41. The summed E-state index contributed by atoms with van der Waals surface area (Å²) in [6.07, 6.45) is -1.96. The normalized spacial score (nSPS) is 15.3. The minimum atomic E-state index is -3.70. The van der Waals surface area contributed by atoms with Gasteiger partial charge in [0, 0.05) is 7.11 Å². The Labute approximate surface area is 56.0 Å². The monoisotopic (exact) mass is 160 g/mol. The zero-order chi connectivity index (χ0) is 8.20. The fraction of sp³-hybridized carbons (Fsp3) is 1.00. The van der Waals surface area contributed by atoms with Gasteiger partial charge in [0.1, 0.15) is 6.67 Å². The van der Waals surface area contributed by atoms with Crippen LogP contribution in [0.5, 0.6) is 0 Å². The molecule has 1 atom stereocenters. The number of ether oxygens (including phenoxy) is 1. The Morgan fingerprint density at radius 3 is 2.00 bits per heavy atom. The van der Waals surface area contributed by atoms with Crippen LogP contribution in [0.15, 0.2) is 0 Å². The van der Waals surface area contributed by atoms with E-state index in [0.717, 1.165) is 7.11 Å². The van der Waals surface area contributed by atoms with E-state index in [1.165, 1.54) is 0 Å². The van der Waals surface area contributed by atoms with Gasteiger partial charge in [-0.05, 0) is 0 Å². The molecule has 0 aromatic heterocycles. The van der Waals surface area contributed by atoms with E-state index < -0.39 is 25.4 Å². The Kier molecular flexibility index (Phi) is 3.63. The summed E-state index contributed by atoms with van der Waals surface area (Å²) in [5.41, 5.74) is 0. The predicted octanol–water partition coefficient (Wildman–Crippen LogP) is 1.58. The maximum absolute atomic E-state index is 12.1. The molecule has 0 N–H and O–H groups in total. The van der Waals surface area contributed by atoms with Crippen LogP contribution in [0.4, 0.5) is 17.6 Å². The molecule has 62 valence electrons. The van der Waals surface area contributed by atoms with E-state index in [4.69, 9.17) is 0 Å². The van der Waals surface area contributed by atoms with E-state index in [1.807, 2.05) is 0 Å². The topological polar surface area (TPSA) is 9.23 Å². The first-order valence-corrected chi connectivity index (χ1v) is 2.61. The van der Waals surface area contributed by atoms with Crippen molar-refractivity contribution in [2.45, 2.75) is 12.0 Å². The summed E-state index contributed by atoms with van der Waals surface area (Å²) >= 11 is 0. The van der Waals surface area contributed by atoms with Gasteiger partial charge < -0.3 is 4.74 Å². The maximum Gasteiger partial charge on any atom is 0.303 e. The van der Waals surface area contributed by atoms with Crippen molar-refractivity contribution >= 4 is 0 Å². The standard InChI is InChI=1S/C5H8F4O/c1-10-4(2-6)5(8,9)3-7/h4H,2-3H2,1H3. The molecular formula is C5H8F4O. The summed E-state index contributed by atoms with van der Waals surface area (Å²) in [6.45, 7) is -3.27. The minimum absolute atomic E-state index is 0.911. The molecule has 0 saturated heterocycles. The SMILES string of the molecule is COC(CF)C(F)(F)CF. The summed E-state index contributed by atoms with van der Waals surface area (Å²) in [5, 5.41) is 0. The van der Waals surface area contributed by atoms with Crippen LogP contribution in [-0.4, -0.2) is 32.5 Å². The van der Waals surface area contributed by atoms with Gasteiger partial charge >= 0.3 is 5.92 Å². The molecule has 1 unspecified atom stereocenters. The molecule has 5 heteroatoms.